The largest absolute Gasteiger partial charge is 0.461 e. The fraction of sp³-hybridized carbons (Fsp3) is 0.133. The first-order valence-corrected chi connectivity index (χ1v) is 6.28. The molecule has 0 fully saturated rings. The first-order valence-electron chi connectivity index (χ1n) is 5.90. The summed E-state index contributed by atoms with van der Waals surface area (Å²) in [6.07, 6.45) is 0. The number of carbonyl (C=O) groups excluding carboxylic acids is 1. The summed E-state index contributed by atoms with van der Waals surface area (Å²) < 4.78 is 23.9. The second kappa shape index (κ2) is 6.39. The standard InChI is InChI=1S/C15H12ClFO3/c1-10(18)19-9-11-4-2-3-5-15(11)20-12-6-7-13(16)14(17)8-12/h2-8H,9H2,1H3. The number of halogens is 2. The lowest BCUT2D eigenvalue weighted by atomic mass is 10.2. The Balaban J connectivity index is 2.19. The van der Waals surface area contributed by atoms with Crippen molar-refractivity contribution in [3.63, 3.8) is 0 Å². The summed E-state index contributed by atoms with van der Waals surface area (Å²) >= 11 is 5.61. The molecule has 0 aliphatic carbocycles. The van der Waals surface area contributed by atoms with Gasteiger partial charge in [-0.1, -0.05) is 29.8 Å². The van der Waals surface area contributed by atoms with Gasteiger partial charge in [0.2, 0.25) is 0 Å². The topological polar surface area (TPSA) is 35.5 Å². The molecule has 3 nitrogen and oxygen atoms in total. The van der Waals surface area contributed by atoms with Gasteiger partial charge >= 0.3 is 5.97 Å². The first kappa shape index (κ1) is 14.3. The Morgan fingerprint density at radius 3 is 2.70 bits per heavy atom. The molecule has 0 aliphatic rings. The maximum Gasteiger partial charge on any atom is 0.302 e. The molecule has 20 heavy (non-hydrogen) atoms. The van der Waals surface area contributed by atoms with E-state index in [1.165, 1.54) is 19.1 Å². The number of rotatable bonds is 4. The van der Waals surface area contributed by atoms with Crippen LogP contribution in [0.15, 0.2) is 42.5 Å². The van der Waals surface area contributed by atoms with Crippen LogP contribution in [0.2, 0.25) is 5.02 Å². The Morgan fingerprint density at radius 2 is 2.00 bits per heavy atom. The molecule has 104 valence electrons. The van der Waals surface area contributed by atoms with Crippen LogP contribution in [0.5, 0.6) is 11.5 Å². The molecule has 0 unspecified atom stereocenters. The average Bonchev–Trinajstić information content (AvgIpc) is 2.42. The van der Waals surface area contributed by atoms with Crippen molar-refractivity contribution in [1.82, 2.24) is 0 Å². The van der Waals surface area contributed by atoms with Gasteiger partial charge in [-0.15, -0.1) is 0 Å². The molecule has 0 atom stereocenters. The number of carbonyl (C=O) groups is 1. The minimum absolute atomic E-state index is 0.0329. The van der Waals surface area contributed by atoms with E-state index in [1.54, 1.807) is 30.3 Å². The zero-order valence-corrected chi connectivity index (χ0v) is 11.5. The molecule has 2 aromatic rings. The zero-order valence-electron chi connectivity index (χ0n) is 10.7. The molecule has 0 radical (unpaired) electrons. The molecule has 0 aromatic heterocycles. The monoisotopic (exact) mass is 294 g/mol. The van der Waals surface area contributed by atoms with Gasteiger partial charge in [0, 0.05) is 18.6 Å². The van der Waals surface area contributed by atoms with Gasteiger partial charge in [0.05, 0.1) is 5.02 Å². The molecule has 0 saturated heterocycles. The second-order valence-corrected chi connectivity index (χ2v) is 4.47. The predicted molar refractivity (Wildman–Crippen MR) is 73.4 cm³/mol. The van der Waals surface area contributed by atoms with Crippen LogP contribution in [0, 0.1) is 5.82 Å². The molecular formula is C15H12ClFO3. The number of esters is 1. The normalized spacial score (nSPS) is 10.2. The molecule has 5 heteroatoms. The van der Waals surface area contributed by atoms with E-state index in [-0.39, 0.29) is 17.6 Å². The van der Waals surface area contributed by atoms with Crippen molar-refractivity contribution in [1.29, 1.82) is 0 Å². The quantitative estimate of drug-likeness (QED) is 0.787. The highest BCUT2D eigenvalue weighted by Gasteiger charge is 2.08. The highest BCUT2D eigenvalue weighted by atomic mass is 35.5. The molecule has 0 aliphatic heterocycles. The van der Waals surface area contributed by atoms with E-state index < -0.39 is 5.82 Å². The molecule has 0 spiro atoms. The van der Waals surface area contributed by atoms with Crippen LogP contribution < -0.4 is 4.74 Å². The van der Waals surface area contributed by atoms with Crippen LogP contribution in [-0.4, -0.2) is 5.97 Å². The van der Waals surface area contributed by atoms with Crippen molar-refractivity contribution in [2.45, 2.75) is 13.5 Å². The molecule has 2 aromatic carbocycles. The fourth-order valence-electron chi connectivity index (χ4n) is 1.57. The Morgan fingerprint density at radius 1 is 1.25 bits per heavy atom. The van der Waals surface area contributed by atoms with Gasteiger partial charge in [0.15, 0.2) is 0 Å². The van der Waals surface area contributed by atoms with E-state index in [9.17, 15) is 9.18 Å². The van der Waals surface area contributed by atoms with Gasteiger partial charge < -0.3 is 9.47 Å². The van der Waals surface area contributed by atoms with E-state index in [0.717, 1.165) is 0 Å². The molecular weight excluding hydrogens is 283 g/mol. The third-order valence-electron chi connectivity index (χ3n) is 2.52. The van der Waals surface area contributed by atoms with Crippen LogP contribution in [0.25, 0.3) is 0 Å². The van der Waals surface area contributed by atoms with E-state index in [0.29, 0.717) is 17.1 Å². The third kappa shape index (κ3) is 3.71. The van der Waals surface area contributed by atoms with Gasteiger partial charge in [0.25, 0.3) is 0 Å². The van der Waals surface area contributed by atoms with E-state index in [2.05, 4.69) is 0 Å². The zero-order chi connectivity index (χ0) is 14.5. The Kier molecular flexibility index (Phi) is 4.58. The smallest absolute Gasteiger partial charge is 0.302 e. The van der Waals surface area contributed by atoms with E-state index in [4.69, 9.17) is 21.1 Å². The van der Waals surface area contributed by atoms with Gasteiger partial charge in [-0.05, 0) is 18.2 Å². The van der Waals surface area contributed by atoms with Crippen molar-refractivity contribution in [2.24, 2.45) is 0 Å². The lowest BCUT2D eigenvalue weighted by Gasteiger charge is -2.11. The molecule has 0 N–H and O–H groups in total. The van der Waals surface area contributed by atoms with Crippen LogP contribution in [0.4, 0.5) is 4.39 Å². The Bertz CT molecular complexity index is 628. The minimum Gasteiger partial charge on any atom is -0.461 e. The fourth-order valence-corrected chi connectivity index (χ4v) is 1.69. The van der Waals surface area contributed by atoms with Crippen LogP contribution in [-0.2, 0) is 16.1 Å². The molecule has 2 rings (SSSR count). The number of hydrogen-bond donors (Lipinski definition) is 0. The highest BCUT2D eigenvalue weighted by molar-refractivity contribution is 6.30. The minimum atomic E-state index is -0.554. The summed E-state index contributed by atoms with van der Waals surface area (Å²) in [7, 11) is 0. The summed E-state index contributed by atoms with van der Waals surface area (Å²) in [5.41, 5.74) is 0.693. The lowest BCUT2D eigenvalue weighted by Crippen LogP contribution is -2.00. The van der Waals surface area contributed by atoms with Gasteiger partial charge in [0.1, 0.15) is 23.9 Å². The highest BCUT2D eigenvalue weighted by Crippen LogP contribution is 2.28. The van der Waals surface area contributed by atoms with Crippen molar-refractivity contribution in [3.8, 4) is 11.5 Å². The Labute approximate surface area is 120 Å². The second-order valence-electron chi connectivity index (χ2n) is 4.07. The van der Waals surface area contributed by atoms with Crippen molar-refractivity contribution in [3.05, 3.63) is 58.9 Å². The van der Waals surface area contributed by atoms with Crippen LogP contribution in [0.3, 0.4) is 0 Å². The predicted octanol–water partition coefficient (Wildman–Crippen LogP) is 4.33. The summed E-state index contributed by atoms with van der Waals surface area (Å²) in [5.74, 6) is -0.114. The number of benzene rings is 2. The third-order valence-corrected chi connectivity index (χ3v) is 2.83. The summed E-state index contributed by atoms with van der Waals surface area (Å²) in [6.45, 7) is 1.43. The van der Waals surface area contributed by atoms with Gasteiger partial charge in [-0.2, -0.15) is 0 Å². The summed E-state index contributed by atoms with van der Waals surface area (Å²) in [6, 6.07) is 11.2. The lowest BCUT2D eigenvalue weighted by molar-refractivity contribution is -0.142. The summed E-state index contributed by atoms with van der Waals surface area (Å²) in [4.78, 5) is 10.8. The van der Waals surface area contributed by atoms with Gasteiger partial charge in [-0.3, -0.25) is 4.79 Å². The number of ether oxygens (including phenoxy) is 2. The maximum absolute atomic E-state index is 13.4. The number of para-hydroxylation sites is 1. The number of hydrogen-bond acceptors (Lipinski definition) is 3. The molecule has 0 heterocycles. The van der Waals surface area contributed by atoms with Crippen molar-refractivity contribution >= 4 is 17.6 Å². The van der Waals surface area contributed by atoms with Crippen LogP contribution >= 0.6 is 11.6 Å². The van der Waals surface area contributed by atoms with Gasteiger partial charge in [-0.25, -0.2) is 4.39 Å². The van der Waals surface area contributed by atoms with Crippen LogP contribution in [0.1, 0.15) is 12.5 Å². The summed E-state index contributed by atoms with van der Waals surface area (Å²) in [5, 5.41) is 0.0329. The first-order chi connectivity index (χ1) is 9.56. The molecule has 0 saturated carbocycles. The van der Waals surface area contributed by atoms with Crippen molar-refractivity contribution < 1.29 is 18.7 Å². The average molecular weight is 295 g/mol. The SMILES string of the molecule is CC(=O)OCc1ccccc1Oc1ccc(Cl)c(F)c1. The Hall–Kier alpha value is -2.07. The van der Waals surface area contributed by atoms with Crippen molar-refractivity contribution in [2.75, 3.05) is 0 Å². The van der Waals surface area contributed by atoms with E-state index in [1.807, 2.05) is 0 Å². The van der Waals surface area contributed by atoms with E-state index >= 15 is 0 Å². The molecule has 0 bridgehead atoms. The molecule has 0 amide bonds. The maximum atomic E-state index is 13.4.